The molecule has 0 saturated carbocycles. The minimum atomic E-state index is -1.94. The number of rotatable bonds is 5. The molecule has 0 aliphatic rings. The highest BCUT2D eigenvalue weighted by atomic mass is 28.4. The highest BCUT2D eigenvalue weighted by Gasteiger charge is 2.39. The Kier molecular flexibility index (Phi) is 5.78. The zero-order chi connectivity index (χ0) is 17.6. The third kappa shape index (κ3) is 5.20. The summed E-state index contributed by atoms with van der Waals surface area (Å²) in [6, 6.07) is 20.3. The van der Waals surface area contributed by atoms with Crippen molar-refractivity contribution >= 4 is 20.6 Å². The van der Waals surface area contributed by atoms with Crippen molar-refractivity contribution in [2.75, 3.05) is 0 Å². The van der Waals surface area contributed by atoms with Gasteiger partial charge in [0, 0.05) is 12.3 Å². The lowest BCUT2D eigenvalue weighted by Crippen LogP contribution is -2.40. The molecule has 0 saturated heterocycles. The Balaban J connectivity index is 2.32. The van der Waals surface area contributed by atoms with Crippen LogP contribution in [0.15, 0.2) is 71.5 Å². The zero-order valence-electron chi connectivity index (χ0n) is 15.3. The molecule has 0 amide bonds. The second kappa shape index (κ2) is 7.62. The first-order valence-electron chi connectivity index (χ1n) is 8.33. The van der Waals surface area contributed by atoms with E-state index in [2.05, 4.69) is 51.0 Å². The van der Waals surface area contributed by atoms with E-state index in [-0.39, 0.29) is 5.04 Å². The van der Waals surface area contributed by atoms with E-state index >= 15 is 0 Å². The van der Waals surface area contributed by atoms with Crippen LogP contribution in [0, 0.1) is 0 Å². The number of nitrogens with zero attached hydrogens (tertiary/aromatic N) is 1. The van der Waals surface area contributed by atoms with Crippen LogP contribution >= 0.6 is 0 Å². The van der Waals surface area contributed by atoms with Gasteiger partial charge in [-0.25, -0.2) is 4.99 Å². The highest BCUT2D eigenvalue weighted by Crippen LogP contribution is 2.38. The van der Waals surface area contributed by atoms with Gasteiger partial charge in [0.1, 0.15) is 0 Å². The Morgan fingerprint density at radius 1 is 0.875 bits per heavy atom. The molecule has 0 aromatic heterocycles. The van der Waals surface area contributed by atoms with Gasteiger partial charge in [0.2, 0.25) is 0 Å². The lowest BCUT2D eigenvalue weighted by Gasteiger charge is -2.36. The minimum absolute atomic E-state index is 0.130. The SMILES string of the molecule is CC(C)(C)[Si](C)(C)OC(=C\c1ccccc1)/N=C/c1ccccc1. The van der Waals surface area contributed by atoms with Crippen molar-refractivity contribution in [1.82, 2.24) is 0 Å². The number of benzene rings is 2. The van der Waals surface area contributed by atoms with E-state index in [1.165, 1.54) is 0 Å². The zero-order valence-corrected chi connectivity index (χ0v) is 16.3. The van der Waals surface area contributed by atoms with Crippen molar-refractivity contribution < 1.29 is 4.43 Å². The van der Waals surface area contributed by atoms with Crippen LogP contribution in [0.25, 0.3) is 6.08 Å². The quantitative estimate of drug-likeness (QED) is 0.365. The summed E-state index contributed by atoms with van der Waals surface area (Å²) in [5.74, 6) is 0.677. The minimum Gasteiger partial charge on any atom is -0.531 e. The molecule has 3 heteroatoms. The Bertz CT molecular complexity index is 698. The molecule has 0 aliphatic carbocycles. The molecular weight excluding hydrogens is 310 g/mol. The average molecular weight is 338 g/mol. The number of hydrogen-bond acceptors (Lipinski definition) is 2. The third-order valence-electron chi connectivity index (χ3n) is 4.40. The van der Waals surface area contributed by atoms with Gasteiger partial charge in [-0.15, -0.1) is 0 Å². The van der Waals surface area contributed by atoms with E-state index in [0.717, 1.165) is 11.1 Å². The average Bonchev–Trinajstić information content (AvgIpc) is 2.53. The monoisotopic (exact) mass is 337 g/mol. The molecule has 126 valence electrons. The Morgan fingerprint density at radius 3 is 1.88 bits per heavy atom. The molecule has 0 unspecified atom stereocenters. The van der Waals surface area contributed by atoms with Crippen LogP contribution in [0.4, 0.5) is 0 Å². The van der Waals surface area contributed by atoms with Gasteiger partial charge in [-0.1, -0.05) is 81.4 Å². The second-order valence-electron chi connectivity index (χ2n) is 7.42. The lowest BCUT2D eigenvalue weighted by molar-refractivity contribution is 0.385. The molecule has 0 atom stereocenters. The molecule has 0 aliphatic heterocycles. The van der Waals surface area contributed by atoms with Gasteiger partial charge in [0.05, 0.1) is 0 Å². The van der Waals surface area contributed by atoms with Crippen LogP contribution in [0.1, 0.15) is 31.9 Å². The third-order valence-corrected chi connectivity index (χ3v) is 8.73. The van der Waals surface area contributed by atoms with E-state index in [1.54, 1.807) is 0 Å². The van der Waals surface area contributed by atoms with Crippen molar-refractivity contribution in [3.8, 4) is 0 Å². The van der Waals surface area contributed by atoms with Crippen LogP contribution in [-0.4, -0.2) is 14.5 Å². The predicted octanol–water partition coefficient (Wildman–Crippen LogP) is 6.13. The largest absolute Gasteiger partial charge is 0.531 e. The van der Waals surface area contributed by atoms with Crippen molar-refractivity contribution in [3.63, 3.8) is 0 Å². The molecule has 2 aromatic carbocycles. The summed E-state index contributed by atoms with van der Waals surface area (Å²) in [6.07, 6.45) is 3.88. The van der Waals surface area contributed by atoms with Crippen LogP contribution in [0.5, 0.6) is 0 Å². The molecule has 2 nitrogen and oxygen atoms in total. The summed E-state index contributed by atoms with van der Waals surface area (Å²) >= 11 is 0. The fourth-order valence-electron chi connectivity index (χ4n) is 1.88. The maximum absolute atomic E-state index is 6.43. The lowest BCUT2D eigenvalue weighted by atomic mass is 10.2. The summed E-state index contributed by atoms with van der Waals surface area (Å²) in [6.45, 7) is 11.2. The summed E-state index contributed by atoms with van der Waals surface area (Å²) in [4.78, 5) is 4.64. The van der Waals surface area contributed by atoms with Crippen LogP contribution in [0.3, 0.4) is 0 Å². The van der Waals surface area contributed by atoms with Crippen molar-refractivity contribution in [2.45, 2.75) is 38.9 Å². The van der Waals surface area contributed by atoms with Gasteiger partial charge in [-0.2, -0.15) is 0 Å². The Labute approximate surface area is 147 Å². The summed E-state index contributed by atoms with van der Waals surface area (Å²) in [5, 5.41) is 0.130. The predicted molar refractivity (Wildman–Crippen MR) is 107 cm³/mol. The van der Waals surface area contributed by atoms with Crippen LogP contribution in [0.2, 0.25) is 18.1 Å². The Hall–Kier alpha value is -2.13. The molecule has 2 rings (SSSR count). The van der Waals surface area contributed by atoms with E-state index in [9.17, 15) is 0 Å². The molecule has 0 bridgehead atoms. The Morgan fingerprint density at radius 2 is 1.38 bits per heavy atom. The number of aliphatic imine (C=N–C) groups is 1. The van der Waals surface area contributed by atoms with Gasteiger partial charge in [0.15, 0.2) is 5.88 Å². The standard InChI is InChI=1S/C21H27NOSi/c1-21(2,3)24(4,5)23-20(16-18-12-8-6-9-13-18)22-17-19-14-10-7-11-15-19/h6-17H,1-5H3/b20-16-,22-17+. The van der Waals surface area contributed by atoms with E-state index in [1.807, 2.05) is 60.8 Å². The maximum Gasteiger partial charge on any atom is 0.252 e. The topological polar surface area (TPSA) is 21.6 Å². The van der Waals surface area contributed by atoms with Gasteiger partial charge in [-0.3, -0.25) is 0 Å². The fraction of sp³-hybridized carbons (Fsp3) is 0.286. The fourth-order valence-corrected chi connectivity index (χ4v) is 2.82. The molecule has 0 spiro atoms. The van der Waals surface area contributed by atoms with Crippen molar-refractivity contribution in [1.29, 1.82) is 0 Å². The molecule has 0 N–H and O–H groups in total. The van der Waals surface area contributed by atoms with E-state index in [4.69, 9.17) is 4.43 Å². The van der Waals surface area contributed by atoms with Gasteiger partial charge in [-0.05, 0) is 29.3 Å². The van der Waals surface area contributed by atoms with Gasteiger partial charge < -0.3 is 4.43 Å². The molecular formula is C21H27NOSi. The molecule has 2 aromatic rings. The van der Waals surface area contributed by atoms with Crippen LogP contribution in [-0.2, 0) is 4.43 Å². The molecule has 0 heterocycles. The first-order valence-corrected chi connectivity index (χ1v) is 11.2. The maximum atomic E-state index is 6.43. The molecule has 24 heavy (non-hydrogen) atoms. The molecule has 0 fully saturated rings. The first kappa shape index (κ1) is 18.2. The van der Waals surface area contributed by atoms with Gasteiger partial charge in [0.25, 0.3) is 8.32 Å². The first-order chi connectivity index (χ1) is 11.3. The summed E-state index contributed by atoms with van der Waals surface area (Å²) < 4.78 is 6.43. The summed E-state index contributed by atoms with van der Waals surface area (Å²) in [5.41, 5.74) is 2.16. The second-order valence-corrected chi connectivity index (χ2v) is 12.1. The number of hydrogen-bond donors (Lipinski definition) is 0. The van der Waals surface area contributed by atoms with Gasteiger partial charge >= 0.3 is 0 Å². The van der Waals surface area contributed by atoms with E-state index < -0.39 is 8.32 Å². The molecule has 0 radical (unpaired) electrons. The smallest absolute Gasteiger partial charge is 0.252 e. The highest BCUT2D eigenvalue weighted by molar-refractivity contribution is 6.74. The van der Waals surface area contributed by atoms with Crippen molar-refractivity contribution in [2.24, 2.45) is 4.99 Å². The van der Waals surface area contributed by atoms with Crippen molar-refractivity contribution in [3.05, 3.63) is 77.7 Å². The normalized spacial score (nSPS) is 13.3. The van der Waals surface area contributed by atoms with Crippen LogP contribution < -0.4 is 0 Å². The summed E-state index contributed by atoms with van der Waals surface area (Å²) in [7, 11) is -1.94. The van der Waals surface area contributed by atoms with E-state index in [0.29, 0.717) is 5.88 Å².